The molecule has 0 bridgehead atoms. The molecule has 6 nitrogen and oxygen atoms in total. The Morgan fingerprint density at radius 1 is 1.10 bits per heavy atom. The van der Waals surface area contributed by atoms with Crippen molar-refractivity contribution < 1.29 is 14.3 Å². The molecule has 2 heterocycles. The van der Waals surface area contributed by atoms with E-state index >= 15 is 0 Å². The van der Waals surface area contributed by atoms with Crippen molar-refractivity contribution in [2.45, 2.75) is 6.10 Å². The Balaban J connectivity index is 1.56. The van der Waals surface area contributed by atoms with Crippen LogP contribution in [0.2, 0.25) is 0 Å². The Morgan fingerprint density at radius 3 is 2.72 bits per heavy atom. The third-order valence-corrected chi connectivity index (χ3v) is 4.92. The van der Waals surface area contributed by atoms with E-state index in [9.17, 15) is 4.79 Å². The van der Waals surface area contributed by atoms with Crippen LogP contribution in [0, 0.1) is 0 Å². The second-order valence-corrected chi connectivity index (χ2v) is 6.75. The van der Waals surface area contributed by atoms with Crippen molar-refractivity contribution in [1.82, 2.24) is 9.88 Å². The molecule has 148 valence electrons. The fraction of sp³-hybridized carbons (Fsp3) is 0.217. The number of nitrogens with one attached hydrogen (secondary N) is 1. The molecular formula is C23H23N3O3. The molecule has 0 saturated carbocycles. The van der Waals surface area contributed by atoms with Crippen LogP contribution in [0.5, 0.6) is 5.75 Å². The molecule has 1 aromatic heterocycles. The third-order valence-electron chi connectivity index (χ3n) is 4.92. The number of aromatic nitrogens is 1. The maximum absolute atomic E-state index is 13.3. The molecule has 0 aliphatic carbocycles. The molecule has 1 atom stereocenters. The second kappa shape index (κ2) is 8.75. The minimum Gasteiger partial charge on any atom is -0.495 e. The van der Waals surface area contributed by atoms with Crippen LogP contribution in [-0.2, 0) is 4.74 Å². The highest BCUT2D eigenvalue weighted by Crippen LogP contribution is 2.29. The number of carbonyl (C=O) groups excluding carboxylic acids is 1. The van der Waals surface area contributed by atoms with Crippen LogP contribution in [0.3, 0.4) is 0 Å². The van der Waals surface area contributed by atoms with Gasteiger partial charge in [0, 0.05) is 12.7 Å². The van der Waals surface area contributed by atoms with Crippen molar-refractivity contribution >= 4 is 17.4 Å². The van der Waals surface area contributed by atoms with E-state index in [4.69, 9.17) is 9.47 Å². The van der Waals surface area contributed by atoms with Gasteiger partial charge in [-0.1, -0.05) is 42.5 Å². The first-order chi connectivity index (χ1) is 14.3. The summed E-state index contributed by atoms with van der Waals surface area (Å²) in [4.78, 5) is 19.5. The van der Waals surface area contributed by atoms with E-state index in [0.717, 1.165) is 11.3 Å². The summed E-state index contributed by atoms with van der Waals surface area (Å²) in [5, 5.41) is 3.24. The molecule has 4 rings (SSSR count). The third kappa shape index (κ3) is 4.22. The van der Waals surface area contributed by atoms with Gasteiger partial charge in [-0.05, 0) is 29.8 Å². The molecule has 6 heteroatoms. The van der Waals surface area contributed by atoms with Gasteiger partial charge < -0.3 is 19.7 Å². The molecule has 0 radical (unpaired) electrons. The number of rotatable bonds is 5. The van der Waals surface area contributed by atoms with Crippen molar-refractivity contribution in [3.8, 4) is 5.75 Å². The average molecular weight is 389 g/mol. The van der Waals surface area contributed by atoms with E-state index in [1.807, 2.05) is 59.5 Å². The number of nitrogens with zero attached hydrogens (tertiary/aromatic N) is 2. The zero-order valence-electron chi connectivity index (χ0n) is 16.2. The van der Waals surface area contributed by atoms with E-state index in [0.29, 0.717) is 36.8 Å². The monoisotopic (exact) mass is 389 g/mol. The summed E-state index contributed by atoms with van der Waals surface area (Å²) in [5.41, 5.74) is 2.35. The predicted molar refractivity (Wildman–Crippen MR) is 112 cm³/mol. The van der Waals surface area contributed by atoms with Crippen molar-refractivity contribution in [3.05, 3.63) is 84.1 Å². The lowest BCUT2D eigenvalue weighted by molar-refractivity contribution is -0.0228. The Morgan fingerprint density at radius 2 is 1.90 bits per heavy atom. The van der Waals surface area contributed by atoms with Gasteiger partial charge in [-0.3, -0.25) is 4.79 Å². The fourth-order valence-corrected chi connectivity index (χ4v) is 3.43. The molecule has 1 aliphatic heterocycles. The van der Waals surface area contributed by atoms with Gasteiger partial charge in [0.05, 0.1) is 31.5 Å². The van der Waals surface area contributed by atoms with Gasteiger partial charge in [0.2, 0.25) is 0 Å². The van der Waals surface area contributed by atoms with E-state index < -0.39 is 0 Å². The summed E-state index contributed by atoms with van der Waals surface area (Å²) in [6, 6.07) is 21.1. The van der Waals surface area contributed by atoms with Crippen LogP contribution in [-0.4, -0.2) is 42.6 Å². The van der Waals surface area contributed by atoms with E-state index in [-0.39, 0.29) is 12.0 Å². The highest BCUT2D eigenvalue weighted by atomic mass is 16.5. The van der Waals surface area contributed by atoms with Gasteiger partial charge in [0.25, 0.3) is 5.91 Å². The van der Waals surface area contributed by atoms with Gasteiger partial charge in [0.15, 0.2) is 0 Å². The average Bonchev–Trinajstić information content (AvgIpc) is 2.80. The molecule has 2 aromatic carbocycles. The number of benzene rings is 2. The molecule has 1 fully saturated rings. The molecule has 1 saturated heterocycles. The zero-order valence-corrected chi connectivity index (χ0v) is 16.2. The van der Waals surface area contributed by atoms with Gasteiger partial charge in [-0.2, -0.15) is 0 Å². The number of carbonyl (C=O) groups is 1. The Hall–Kier alpha value is -3.38. The van der Waals surface area contributed by atoms with E-state index in [2.05, 4.69) is 10.3 Å². The van der Waals surface area contributed by atoms with Gasteiger partial charge in [0.1, 0.15) is 17.7 Å². The van der Waals surface area contributed by atoms with Crippen LogP contribution in [0.1, 0.15) is 22.0 Å². The summed E-state index contributed by atoms with van der Waals surface area (Å²) in [6.07, 6.45) is 1.54. The highest BCUT2D eigenvalue weighted by Gasteiger charge is 2.27. The molecular weight excluding hydrogens is 366 g/mol. The molecule has 0 spiro atoms. The normalized spacial score (nSPS) is 16.3. The summed E-state index contributed by atoms with van der Waals surface area (Å²) < 4.78 is 11.3. The first kappa shape index (κ1) is 19.0. The Labute approximate surface area is 170 Å². The summed E-state index contributed by atoms with van der Waals surface area (Å²) >= 11 is 0. The number of para-hydroxylation sites is 2. The second-order valence-electron chi connectivity index (χ2n) is 6.75. The summed E-state index contributed by atoms with van der Waals surface area (Å²) in [6.45, 7) is 1.55. The lowest BCUT2D eigenvalue weighted by Crippen LogP contribution is -2.42. The van der Waals surface area contributed by atoms with Crippen LogP contribution < -0.4 is 10.1 Å². The predicted octanol–water partition coefficient (Wildman–Crippen LogP) is 4.05. The largest absolute Gasteiger partial charge is 0.495 e. The van der Waals surface area contributed by atoms with Crippen LogP contribution in [0.4, 0.5) is 11.5 Å². The van der Waals surface area contributed by atoms with Crippen molar-refractivity contribution in [3.63, 3.8) is 0 Å². The highest BCUT2D eigenvalue weighted by molar-refractivity contribution is 5.99. The number of hydrogen-bond acceptors (Lipinski definition) is 5. The lowest BCUT2D eigenvalue weighted by atomic mass is 10.1. The van der Waals surface area contributed by atoms with Crippen LogP contribution in [0.15, 0.2) is 72.9 Å². The topological polar surface area (TPSA) is 63.7 Å². The number of amides is 1. The molecule has 1 N–H and O–H groups in total. The quantitative estimate of drug-likeness (QED) is 0.713. The molecule has 1 aliphatic rings. The van der Waals surface area contributed by atoms with E-state index in [1.54, 1.807) is 25.4 Å². The zero-order chi connectivity index (χ0) is 20.1. The molecule has 1 amide bonds. The van der Waals surface area contributed by atoms with E-state index in [1.165, 1.54) is 0 Å². The minimum absolute atomic E-state index is 0.0697. The van der Waals surface area contributed by atoms with Gasteiger partial charge in [-0.15, -0.1) is 0 Å². The number of methoxy groups -OCH3 is 1. The maximum atomic E-state index is 13.3. The van der Waals surface area contributed by atoms with Gasteiger partial charge in [-0.25, -0.2) is 4.98 Å². The number of ether oxygens (including phenoxy) is 2. The molecule has 3 aromatic rings. The SMILES string of the molecule is COc1ccccc1Nc1ncccc1C(=O)N1CCOC(c2ccccc2)C1. The Kier molecular flexibility index (Phi) is 5.72. The van der Waals surface area contributed by atoms with Crippen molar-refractivity contribution in [2.24, 2.45) is 0 Å². The summed E-state index contributed by atoms with van der Waals surface area (Å²) in [7, 11) is 1.61. The Bertz CT molecular complexity index is 978. The maximum Gasteiger partial charge on any atom is 0.257 e. The van der Waals surface area contributed by atoms with Crippen molar-refractivity contribution in [1.29, 1.82) is 0 Å². The first-order valence-corrected chi connectivity index (χ1v) is 9.57. The number of morpholine rings is 1. The fourth-order valence-electron chi connectivity index (χ4n) is 3.43. The molecule has 29 heavy (non-hydrogen) atoms. The van der Waals surface area contributed by atoms with Gasteiger partial charge >= 0.3 is 0 Å². The summed E-state index contributed by atoms with van der Waals surface area (Å²) in [5.74, 6) is 1.12. The first-order valence-electron chi connectivity index (χ1n) is 9.57. The number of anilines is 2. The lowest BCUT2D eigenvalue weighted by Gasteiger charge is -2.33. The smallest absolute Gasteiger partial charge is 0.257 e. The minimum atomic E-state index is -0.129. The molecule has 1 unspecified atom stereocenters. The number of hydrogen-bond donors (Lipinski definition) is 1. The van der Waals surface area contributed by atoms with Crippen LogP contribution >= 0.6 is 0 Å². The van der Waals surface area contributed by atoms with Crippen LogP contribution in [0.25, 0.3) is 0 Å². The van der Waals surface area contributed by atoms with Crippen molar-refractivity contribution in [2.75, 3.05) is 32.1 Å². The number of pyridine rings is 1. The standard InChI is InChI=1S/C23H23N3O3/c1-28-20-12-6-5-11-19(20)25-22-18(10-7-13-24-22)23(27)26-14-15-29-21(16-26)17-8-3-2-4-9-17/h2-13,21H,14-16H2,1H3,(H,24,25).